The van der Waals surface area contributed by atoms with Crippen molar-refractivity contribution in [2.45, 2.75) is 13.0 Å². The lowest BCUT2D eigenvalue weighted by Crippen LogP contribution is -2.33. The van der Waals surface area contributed by atoms with E-state index in [-0.39, 0.29) is 5.91 Å². The van der Waals surface area contributed by atoms with Crippen LogP contribution in [0.15, 0.2) is 53.2 Å². The number of nitrogens with zero attached hydrogens (tertiary/aromatic N) is 2. The van der Waals surface area contributed by atoms with Crippen LogP contribution in [0.3, 0.4) is 0 Å². The zero-order chi connectivity index (χ0) is 16.8. The lowest BCUT2D eigenvalue weighted by Gasteiger charge is -2.22. The van der Waals surface area contributed by atoms with Crippen molar-refractivity contribution in [1.82, 2.24) is 9.80 Å². The SMILES string of the molecule is O=C1CCN(C/C=C/c2ccco2)CCN1Cc1ccccc1Cl. The molecule has 2 aromatic rings. The highest BCUT2D eigenvalue weighted by atomic mass is 35.5. The molecule has 1 aliphatic heterocycles. The molecule has 126 valence electrons. The van der Waals surface area contributed by atoms with E-state index in [9.17, 15) is 4.79 Å². The highest BCUT2D eigenvalue weighted by molar-refractivity contribution is 6.31. The maximum atomic E-state index is 12.4. The van der Waals surface area contributed by atoms with E-state index in [0.29, 0.717) is 18.0 Å². The van der Waals surface area contributed by atoms with E-state index in [2.05, 4.69) is 11.0 Å². The summed E-state index contributed by atoms with van der Waals surface area (Å²) in [6, 6.07) is 11.5. The first-order valence-electron chi connectivity index (χ1n) is 8.16. The van der Waals surface area contributed by atoms with Crippen molar-refractivity contribution in [2.75, 3.05) is 26.2 Å². The topological polar surface area (TPSA) is 36.7 Å². The fourth-order valence-corrected chi connectivity index (χ4v) is 2.99. The largest absolute Gasteiger partial charge is 0.465 e. The molecule has 24 heavy (non-hydrogen) atoms. The molecular formula is C19H21ClN2O2. The van der Waals surface area contributed by atoms with Gasteiger partial charge in [-0.2, -0.15) is 0 Å². The van der Waals surface area contributed by atoms with E-state index in [1.165, 1.54) is 0 Å². The predicted octanol–water partition coefficient (Wildman–Crippen LogP) is 3.68. The van der Waals surface area contributed by atoms with E-state index >= 15 is 0 Å². The molecule has 1 fully saturated rings. The summed E-state index contributed by atoms with van der Waals surface area (Å²) in [5, 5.41) is 0.716. The van der Waals surface area contributed by atoms with Crippen LogP contribution in [-0.2, 0) is 11.3 Å². The van der Waals surface area contributed by atoms with Crippen molar-refractivity contribution in [1.29, 1.82) is 0 Å². The summed E-state index contributed by atoms with van der Waals surface area (Å²) < 4.78 is 5.28. The van der Waals surface area contributed by atoms with Gasteiger partial charge in [0, 0.05) is 44.2 Å². The number of carbonyl (C=O) groups is 1. The zero-order valence-corrected chi connectivity index (χ0v) is 14.3. The Labute approximate surface area is 147 Å². The van der Waals surface area contributed by atoms with Gasteiger partial charge in [0.05, 0.1) is 6.26 Å². The van der Waals surface area contributed by atoms with Gasteiger partial charge in [-0.05, 0) is 29.8 Å². The van der Waals surface area contributed by atoms with Crippen LogP contribution < -0.4 is 0 Å². The Balaban J connectivity index is 1.55. The highest BCUT2D eigenvalue weighted by Gasteiger charge is 2.20. The summed E-state index contributed by atoms with van der Waals surface area (Å²) in [4.78, 5) is 16.5. The van der Waals surface area contributed by atoms with Gasteiger partial charge in [0.2, 0.25) is 5.91 Å². The molecule has 2 heterocycles. The molecule has 0 spiro atoms. The standard InChI is InChI=1S/C19H21ClN2O2/c20-18-8-2-1-5-16(18)15-22-13-12-21(11-9-19(22)23)10-3-6-17-7-4-14-24-17/h1-8,14H,9-13,15H2/b6-3+. The van der Waals surface area contributed by atoms with E-state index in [4.69, 9.17) is 16.0 Å². The molecule has 5 heteroatoms. The van der Waals surface area contributed by atoms with Crippen LogP contribution in [0.1, 0.15) is 17.7 Å². The Bertz CT molecular complexity index is 697. The number of rotatable bonds is 5. The molecule has 0 unspecified atom stereocenters. The van der Waals surface area contributed by atoms with E-state index < -0.39 is 0 Å². The molecule has 0 radical (unpaired) electrons. The molecule has 1 aromatic heterocycles. The van der Waals surface area contributed by atoms with Gasteiger partial charge in [-0.15, -0.1) is 0 Å². The van der Waals surface area contributed by atoms with Gasteiger partial charge in [0.25, 0.3) is 0 Å². The second-order valence-corrected chi connectivity index (χ2v) is 6.28. The van der Waals surface area contributed by atoms with Gasteiger partial charge in [0.15, 0.2) is 0 Å². The summed E-state index contributed by atoms with van der Waals surface area (Å²) in [6.45, 7) is 3.75. The van der Waals surface area contributed by atoms with Crippen LogP contribution in [0.2, 0.25) is 5.02 Å². The molecule has 1 amide bonds. The van der Waals surface area contributed by atoms with Crippen LogP contribution in [0.5, 0.6) is 0 Å². The molecule has 0 N–H and O–H groups in total. The zero-order valence-electron chi connectivity index (χ0n) is 13.5. The van der Waals surface area contributed by atoms with Crippen molar-refractivity contribution < 1.29 is 9.21 Å². The minimum Gasteiger partial charge on any atom is -0.465 e. The third-order valence-electron chi connectivity index (χ3n) is 4.19. The lowest BCUT2D eigenvalue weighted by atomic mass is 10.2. The number of furan rings is 1. The Morgan fingerprint density at radius 1 is 1.12 bits per heavy atom. The van der Waals surface area contributed by atoms with Gasteiger partial charge < -0.3 is 9.32 Å². The number of hydrogen-bond donors (Lipinski definition) is 0. The van der Waals surface area contributed by atoms with Crippen molar-refractivity contribution in [3.05, 3.63) is 65.1 Å². The second-order valence-electron chi connectivity index (χ2n) is 5.88. The number of benzene rings is 1. The molecule has 4 nitrogen and oxygen atoms in total. The molecular weight excluding hydrogens is 324 g/mol. The summed E-state index contributed by atoms with van der Waals surface area (Å²) in [6.07, 6.45) is 6.25. The molecule has 1 aliphatic rings. The van der Waals surface area contributed by atoms with Crippen molar-refractivity contribution in [2.24, 2.45) is 0 Å². The van der Waals surface area contributed by atoms with Crippen LogP contribution in [0.25, 0.3) is 6.08 Å². The summed E-state index contributed by atoms with van der Waals surface area (Å²) in [5.74, 6) is 1.04. The molecule has 0 aliphatic carbocycles. The van der Waals surface area contributed by atoms with Gasteiger partial charge in [0.1, 0.15) is 5.76 Å². The normalized spacial score (nSPS) is 16.7. The maximum Gasteiger partial charge on any atom is 0.224 e. The Morgan fingerprint density at radius 3 is 2.79 bits per heavy atom. The minimum absolute atomic E-state index is 0.187. The van der Waals surface area contributed by atoms with Crippen molar-refractivity contribution in [3.63, 3.8) is 0 Å². The average molecular weight is 345 g/mol. The predicted molar refractivity (Wildman–Crippen MR) is 95.7 cm³/mol. The van der Waals surface area contributed by atoms with Crippen LogP contribution >= 0.6 is 11.6 Å². The maximum absolute atomic E-state index is 12.4. The second kappa shape index (κ2) is 8.18. The third kappa shape index (κ3) is 4.49. The average Bonchev–Trinajstić information content (AvgIpc) is 3.04. The van der Waals surface area contributed by atoms with Crippen LogP contribution in [-0.4, -0.2) is 41.9 Å². The minimum atomic E-state index is 0.187. The van der Waals surface area contributed by atoms with E-state index in [1.807, 2.05) is 47.4 Å². The molecule has 3 rings (SSSR count). The van der Waals surface area contributed by atoms with Gasteiger partial charge in [-0.25, -0.2) is 0 Å². The first-order valence-corrected chi connectivity index (χ1v) is 8.54. The van der Waals surface area contributed by atoms with Gasteiger partial charge in [-0.3, -0.25) is 9.69 Å². The Hall–Kier alpha value is -2.04. The van der Waals surface area contributed by atoms with Crippen LogP contribution in [0.4, 0.5) is 0 Å². The fraction of sp³-hybridized carbons (Fsp3) is 0.316. The summed E-state index contributed by atoms with van der Waals surface area (Å²) >= 11 is 6.21. The lowest BCUT2D eigenvalue weighted by molar-refractivity contribution is -0.130. The Kier molecular flexibility index (Phi) is 5.72. The molecule has 0 saturated carbocycles. The summed E-state index contributed by atoms with van der Waals surface area (Å²) in [5.41, 5.74) is 0.999. The first kappa shape index (κ1) is 16.8. The first-order chi connectivity index (χ1) is 11.7. The molecule has 0 atom stereocenters. The van der Waals surface area contributed by atoms with E-state index in [0.717, 1.165) is 37.5 Å². The number of hydrogen-bond acceptors (Lipinski definition) is 3. The number of carbonyl (C=O) groups excluding carboxylic acids is 1. The van der Waals surface area contributed by atoms with Crippen molar-refractivity contribution in [3.8, 4) is 0 Å². The summed E-state index contributed by atoms with van der Waals surface area (Å²) in [7, 11) is 0. The monoisotopic (exact) mass is 344 g/mol. The number of amides is 1. The quantitative estimate of drug-likeness (QED) is 0.830. The smallest absolute Gasteiger partial charge is 0.224 e. The molecule has 1 aromatic carbocycles. The number of halogens is 1. The van der Waals surface area contributed by atoms with Crippen LogP contribution in [0, 0.1) is 0 Å². The third-order valence-corrected chi connectivity index (χ3v) is 4.56. The Morgan fingerprint density at radius 2 is 2.00 bits per heavy atom. The highest BCUT2D eigenvalue weighted by Crippen LogP contribution is 2.18. The van der Waals surface area contributed by atoms with Crippen molar-refractivity contribution >= 4 is 23.6 Å². The van der Waals surface area contributed by atoms with Gasteiger partial charge >= 0.3 is 0 Å². The fourth-order valence-electron chi connectivity index (χ4n) is 2.80. The molecule has 1 saturated heterocycles. The molecule has 0 bridgehead atoms. The van der Waals surface area contributed by atoms with E-state index in [1.54, 1.807) is 6.26 Å². The van der Waals surface area contributed by atoms with Gasteiger partial charge in [-0.1, -0.05) is 35.9 Å².